The number of likely N-dealkylation sites (tertiary alicyclic amines) is 1. The topological polar surface area (TPSA) is 224 Å². The summed E-state index contributed by atoms with van der Waals surface area (Å²) in [5, 5.41) is 6.14. The predicted molar refractivity (Wildman–Crippen MR) is 159 cm³/mol. The average molecular weight is 636 g/mol. The highest BCUT2D eigenvalue weighted by Crippen LogP contribution is 2.26. The summed E-state index contributed by atoms with van der Waals surface area (Å²) in [4.78, 5) is 51.0. The number of carbonyl (C=O) groups is 3. The molecule has 15 nitrogen and oxygen atoms in total. The van der Waals surface area contributed by atoms with Crippen molar-refractivity contribution in [1.29, 1.82) is 0 Å². The molecular weight excluding hydrogens is 602 g/mol. The first-order chi connectivity index (χ1) is 20.1. The molecule has 2 fully saturated rings. The number of guanidine groups is 1. The smallest absolute Gasteiger partial charge is 0.307 e. The molecule has 2 saturated heterocycles. The van der Waals surface area contributed by atoms with Gasteiger partial charge >= 0.3 is 11.9 Å². The molecule has 2 aliphatic heterocycles. The minimum Gasteiger partial charge on any atom is -0.460 e. The van der Waals surface area contributed by atoms with Crippen molar-refractivity contribution in [2.75, 3.05) is 37.6 Å². The number of esters is 1. The van der Waals surface area contributed by atoms with E-state index in [1.807, 2.05) is 0 Å². The number of aromatic nitrogens is 2. The van der Waals surface area contributed by atoms with E-state index in [2.05, 4.69) is 30.3 Å². The monoisotopic (exact) mass is 635 g/mol. The van der Waals surface area contributed by atoms with E-state index in [0.717, 1.165) is 0 Å². The number of amides is 2. The van der Waals surface area contributed by atoms with E-state index < -0.39 is 33.0 Å². The highest BCUT2D eigenvalue weighted by atomic mass is 35.5. The van der Waals surface area contributed by atoms with Crippen LogP contribution >= 0.6 is 11.6 Å². The summed E-state index contributed by atoms with van der Waals surface area (Å²) < 4.78 is 33.2. The third-order valence-electron chi connectivity index (χ3n) is 6.74. The fourth-order valence-corrected chi connectivity index (χ4v) is 5.80. The highest BCUT2D eigenvalue weighted by molar-refractivity contribution is 7.89. The zero-order valence-corrected chi connectivity index (χ0v) is 25.5. The number of benzene rings is 1. The summed E-state index contributed by atoms with van der Waals surface area (Å²) in [6.07, 6.45) is 0.948. The summed E-state index contributed by atoms with van der Waals surface area (Å²) in [5.41, 5.74) is 10.2. The minimum atomic E-state index is -3.97. The number of nitrogens with one attached hydrogen (secondary N) is 3. The van der Waals surface area contributed by atoms with Gasteiger partial charge in [-0.25, -0.2) is 23.1 Å². The second-order valence-corrected chi connectivity index (χ2v) is 13.3. The van der Waals surface area contributed by atoms with Gasteiger partial charge in [0.25, 0.3) is 5.91 Å². The maximum atomic E-state index is 13.3. The van der Waals surface area contributed by atoms with Crippen molar-refractivity contribution >= 4 is 57.0 Å². The number of halogens is 1. The van der Waals surface area contributed by atoms with Crippen molar-refractivity contribution < 1.29 is 27.5 Å². The lowest BCUT2D eigenvalue weighted by Gasteiger charge is -2.38. The number of rotatable bonds is 7. The van der Waals surface area contributed by atoms with Crippen LogP contribution in [-0.2, 0) is 19.6 Å². The number of piperidine rings is 1. The number of ether oxygens (including phenoxy) is 1. The molecule has 0 aliphatic carbocycles. The van der Waals surface area contributed by atoms with Gasteiger partial charge in [0.2, 0.25) is 10.0 Å². The Bertz CT molecular complexity index is 1570. The van der Waals surface area contributed by atoms with Crippen molar-refractivity contribution in [2.45, 2.75) is 56.1 Å². The van der Waals surface area contributed by atoms with Crippen LogP contribution in [0.4, 0.5) is 11.6 Å². The van der Waals surface area contributed by atoms with Crippen LogP contribution in [0.25, 0.3) is 0 Å². The van der Waals surface area contributed by atoms with Gasteiger partial charge < -0.3 is 31.7 Å². The maximum Gasteiger partial charge on any atom is 0.307 e. The van der Waals surface area contributed by atoms with Crippen LogP contribution in [0, 0.1) is 0 Å². The first kappa shape index (κ1) is 31.9. The molecule has 232 valence electrons. The van der Waals surface area contributed by atoms with Crippen molar-refractivity contribution in [2.24, 2.45) is 4.99 Å². The lowest BCUT2D eigenvalue weighted by Crippen LogP contribution is -2.53. The molecule has 2 aliphatic rings. The summed E-state index contributed by atoms with van der Waals surface area (Å²) in [6, 6.07) is 5.74. The molecule has 0 unspecified atom stereocenters. The van der Waals surface area contributed by atoms with E-state index in [1.165, 1.54) is 18.2 Å². The maximum absolute atomic E-state index is 13.3. The number of sulfonamides is 1. The molecule has 1 aromatic carbocycles. The van der Waals surface area contributed by atoms with Gasteiger partial charge in [-0.05, 0) is 51.8 Å². The number of hydrogen-bond acceptors (Lipinski definition) is 10. The fourth-order valence-electron chi connectivity index (χ4n) is 4.60. The molecule has 17 heteroatoms. The number of nitrogens with zero attached hydrogens (tertiary/aromatic N) is 4. The molecule has 0 saturated carbocycles. The van der Waals surface area contributed by atoms with E-state index in [9.17, 15) is 22.8 Å². The van der Waals surface area contributed by atoms with Gasteiger partial charge in [-0.1, -0.05) is 17.7 Å². The Morgan fingerprint density at radius 3 is 2.53 bits per heavy atom. The van der Waals surface area contributed by atoms with E-state index in [4.69, 9.17) is 27.8 Å². The molecule has 0 atom stereocenters. The van der Waals surface area contributed by atoms with Crippen LogP contribution in [0.5, 0.6) is 0 Å². The van der Waals surface area contributed by atoms with Gasteiger partial charge in [0.05, 0.1) is 16.9 Å². The third-order valence-corrected chi connectivity index (χ3v) is 8.48. The lowest BCUT2D eigenvalue weighted by atomic mass is 9.88. The van der Waals surface area contributed by atoms with E-state index in [1.54, 1.807) is 31.7 Å². The molecule has 2 aromatic rings. The molecule has 4 rings (SSSR count). The van der Waals surface area contributed by atoms with Crippen molar-refractivity contribution in [3.8, 4) is 0 Å². The molecule has 3 heterocycles. The molecule has 0 radical (unpaired) electrons. The largest absolute Gasteiger partial charge is 0.460 e. The number of anilines is 2. The molecule has 0 bridgehead atoms. The Morgan fingerprint density at radius 2 is 1.86 bits per heavy atom. The van der Waals surface area contributed by atoms with Crippen LogP contribution in [0.2, 0.25) is 5.15 Å². The quantitative estimate of drug-likeness (QED) is 0.265. The van der Waals surface area contributed by atoms with Crippen molar-refractivity contribution in [3.63, 3.8) is 0 Å². The summed E-state index contributed by atoms with van der Waals surface area (Å²) in [5.74, 6) is -1.64. The number of hydrogen-bond donors (Lipinski definition) is 5. The van der Waals surface area contributed by atoms with Crippen LogP contribution in [0.15, 0.2) is 34.2 Å². The van der Waals surface area contributed by atoms with Gasteiger partial charge in [0, 0.05) is 31.7 Å². The van der Waals surface area contributed by atoms with Crippen LogP contribution in [0.1, 0.15) is 60.9 Å². The van der Waals surface area contributed by atoms with Gasteiger partial charge in [-0.2, -0.15) is 4.99 Å². The van der Waals surface area contributed by atoms with Gasteiger partial charge in [0.15, 0.2) is 28.4 Å². The van der Waals surface area contributed by atoms with E-state index in [-0.39, 0.29) is 57.8 Å². The molecule has 1 spiro atoms. The summed E-state index contributed by atoms with van der Waals surface area (Å²) in [6.45, 7) is 6.26. The molecule has 2 amide bonds. The van der Waals surface area contributed by atoms with Crippen molar-refractivity contribution in [3.05, 3.63) is 40.7 Å². The average Bonchev–Trinajstić information content (AvgIpc) is 3.31. The standard InChI is InChI=1S/C26H34ClN9O6S/c1-25(2,3)42-17(37)7-10-31-43(40,41)16-6-4-5-15(13-16)23(39)36-11-8-26(9-12-36)14-30-24(35-26)34-22(38)18-20(28)33-21(29)19(27)32-18/h4-6,13,31H,7-12,14H2,1-3H3,(H4,28,29,33)(H2,30,34,35,38). The Morgan fingerprint density at radius 1 is 1.16 bits per heavy atom. The number of carbonyl (C=O) groups excluding carboxylic acids is 3. The number of aliphatic imine (C=N–C) groups is 1. The fraction of sp³-hybridized carbons (Fsp3) is 0.462. The Balaban J connectivity index is 1.34. The lowest BCUT2D eigenvalue weighted by molar-refractivity contribution is -0.154. The summed E-state index contributed by atoms with van der Waals surface area (Å²) in [7, 11) is -3.97. The third kappa shape index (κ3) is 7.88. The van der Waals surface area contributed by atoms with E-state index in [0.29, 0.717) is 32.5 Å². The normalized spacial score (nSPS) is 17.4. The number of nitrogens with two attached hydrogens (primary N) is 2. The molecule has 7 N–H and O–H groups in total. The molecule has 43 heavy (non-hydrogen) atoms. The zero-order chi connectivity index (χ0) is 31.6. The van der Waals surface area contributed by atoms with Crippen LogP contribution < -0.4 is 26.8 Å². The minimum absolute atomic E-state index is 0.0871. The SMILES string of the molecule is CC(C)(C)OC(=O)CCNS(=O)(=O)c1cccc(C(=O)N2CCC3(CC2)CN/C(=N\C(=O)c2nc(Cl)c(N)nc2N)N3)c1. The van der Waals surface area contributed by atoms with E-state index >= 15 is 0 Å². The Hall–Kier alpha value is -4.02. The Labute approximate surface area is 253 Å². The summed E-state index contributed by atoms with van der Waals surface area (Å²) >= 11 is 5.86. The molecular formula is C26H34ClN9O6S. The first-order valence-corrected chi connectivity index (χ1v) is 15.3. The first-order valence-electron chi connectivity index (χ1n) is 13.4. The second kappa shape index (κ2) is 12.3. The van der Waals surface area contributed by atoms with Gasteiger partial charge in [0.1, 0.15) is 5.60 Å². The van der Waals surface area contributed by atoms with Crippen LogP contribution in [-0.4, -0.2) is 84.3 Å². The zero-order valence-electron chi connectivity index (χ0n) is 23.9. The Kier molecular flexibility index (Phi) is 9.13. The second-order valence-electron chi connectivity index (χ2n) is 11.2. The molecule has 1 aromatic heterocycles. The highest BCUT2D eigenvalue weighted by Gasteiger charge is 2.41. The van der Waals surface area contributed by atoms with Crippen LogP contribution in [0.3, 0.4) is 0 Å². The van der Waals surface area contributed by atoms with Gasteiger partial charge in [-0.3, -0.25) is 14.4 Å². The van der Waals surface area contributed by atoms with Crippen molar-refractivity contribution in [1.82, 2.24) is 30.2 Å². The predicted octanol–water partition coefficient (Wildman–Crippen LogP) is 0.669. The van der Waals surface area contributed by atoms with Gasteiger partial charge in [-0.15, -0.1) is 0 Å². The number of nitrogen functional groups attached to an aromatic ring is 2.